The van der Waals surface area contributed by atoms with E-state index in [0.29, 0.717) is 23.5 Å². The molecule has 4 rings (SSSR count). The average molecular weight is 471 g/mol. The summed E-state index contributed by atoms with van der Waals surface area (Å²) in [6, 6.07) is 8.76. The molecule has 1 aliphatic heterocycles. The molecule has 26 heavy (non-hydrogen) atoms. The number of hydrogen-bond acceptors (Lipinski definition) is 3. The zero-order valence-corrected chi connectivity index (χ0v) is 18.2. The maximum atomic E-state index is 6.03. The highest BCUT2D eigenvalue weighted by molar-refractivity contribution is 14.0. The van der Waals surface area contributed by atoms with Crippen molar-refractivity contribution in [3.8, 4) is 5.75 Å². The summed E-state index contributed by atoms with van der Waals surface area (Å²) >= 11 is 0. The fraction of sp³-hybridized carbons (Fsp3) is 0.650. The third kappa shape index (κ3) is 3.19. The lowest BCUT2D eigenvalue weighted by Crippen LogP contribution is -2.72. The summed E-state index contributed by atoms with van der Waals surface area (Å²) < 4.78 is 11.3. The summed E-state index contributed by atoms with van der Waals surface area (Å²) in [5, 5.41) is 3.78. The summed E-state index contributed by atoms with van der Waals surface area (Å²) in [6.45, 7) is 1.75. The standard InChI is InChI=1S/C20H29N3O2.HI/c1-21-19(23(2)13-14-5-7-15(24-3)8-6-14)22-17-16-9-12-25-18(16)20(17)10-4-11-20;/h5-8,16-18H,4,9-13H2,1-3H3,(H,21,22);1H. The lowest BCUT2D eigenvalue weighted by Gasteiger charge is -2.63. The van der Waals surface area contributed by atoms with Crippen molar-refractivity contribution in [1.29, 1.82) is 0 Å². The predicted molar refractivity (Wildman–Crippen MR) is 114 cm³/mol. The Kier molecular flexibility index (Phi) is 6.01. The van der Waals surface area contributed by atoms with Crippen LogP contribution in [-0.4, -0.2) is 50.8 Å². The summed E-state index contributed by atoms with van der Waals surface area (Å²) in [4.78, 5) is 6.75. The van der Waals surface area contributed by atoms with E-state index >= 15 is 0 Å². The molecule has 1 N–H and O–H groups in total. The molecule has 3 unspecified atom stereocenters. The Hall–Kier alpha value is -1.02. The third-order valence-electron chi connectivity index (χ3n) is 6.47. The molecule has 3 fully saturated rings. The van der Waals surface area contributed by atoms with Gasteiger partial charge in [0.1, 0.15) is 5.75 Å². The molecule has 5 nitrogen and oxygen atoms in total. The molecule has 1 aromatic rings. The quantitative estimate of drug-likeness (QED) is 0.416. The van der Waals surface area contributed by atoms with Crippen molar-refractivity contribution in [2.24, 2.45) is 16.3 Å². The van der Waals surface area contributed by atoms with Crippen LogP contribution in [0.3, 0.4) is 0 Å². The second-order valence-corrected chi connectivity index (χ2v) is 7.70. The molecule has 144 valence electrons. The Morgan fingerprint density at radius 3 is 2.65 bits per heavy atom. The van der Waals surface area contributed by atoms with Crippen molar-refractivity contribution in [2.45, 2.75) is 44.4 Å². The number of aliphatic imine (C=N–C) groups is 1. The van der Waals surface area contributed by atoms with Crippen LogP contribution < -0.4 is 10.1 Å². The number of ether oxygens (including phenoxy) is 2. The first-order chi connectivity index (χ1) is 12.2. The second-order valence-electron chi connectivity index (χ2n) is 7.70. The summed E-state index contributed by atoms with van der Waals surface area (Å²) in [5.41, 5.74) is 1.62. The molecule has 0 bridgehead atoms. The van der Waals surface area contributed by atoms with Crippen LogP contribution in [0.2, 0.25) is 0 Å². The van der Waals surface area contributed by atoms with E-state index in [4.69, 9.17) is 9.47 Å². The molecular weight excluding hydrogens is 441 g/mol. The van der Waals surface area contributed by atoms with Crippen LogP contribution in [0.4, 0.5) is 0 Å². The minimum absolute atomic E-state index is 0. The molecule has 3 aliphatic rings. The molecule has 1 aromatic carbocycles. The molecule has 2 saturated carbocycles. The van der Waals surface area contributed by atoms with Crippen LogP contribution in [0.15, 0.2) is 29.3 Å². The molecule has 1 heterocycles. The van der Waals surface area contributed by atoms with Gasteiger partial charge in [-0.15, -0.1) is 24.0 Å². The van der Waals surface area contributed by atoms with Gasteiger partial charge in [0.05, 0.1) is 13.2 Å². The second kappa shape index (κ2) is 7.92. The fourth-order valence-corrected chi connectivity index (χ4v) is 5.02. The largest absolute Gasteiger partial charge is 0.497 e. The number of nitrogens with zero attached hydrogens (tertiary/aromatic N) is 2. The van der Waals surface area contributed by atoms with Gasteiger partial charge in [-0.05, 0) is 37.0 Å². The molecule has 1 spiro atoms. The summed E-state index contributed by atoms with van der Waals surface area (Å²) in [7, 11) is 5.68. The number of benzene rings is 1. The number of fused-ring (bicyclic) bond motifs is 2. The zero-order valence-electron chi connectivity index (χ0n) is 15.9. The SMILES string of the molecule is CN=C(NC1C2CCOC2C12CCC2)N(C)Cc1ccc(OC)cc1.I. The Morgan fingerprint density at radius 1 is 1.35 bits per heavy atom. The van der Waals surface area contributed by atoms with E-state index in [1.54, 1.807) is 7.11 Å². The zero-order chi connectivity index (χ0) is 17.4. The maximum absolute atomic E-state index is 6.03. The number of halogens is 1. The van der Waals surface area contributed by atoms with Gasteiger partial charge < -0.3 is 19.7 Å². The molecule has 0 aromatic heterocycles. The van der Waals surface area contributed by atoms with Crippen LogP contribution in [0.5, 0.6) is 5.75 Å². The van der Waals surface area contributed by atoms with E-state index in [1.165, 1.54) is 31.2 Å². The van der Waals surface area contributed by atoms with Gasteiger partial charge in [0.2, 0.25) is 0 Å². The topological polar surface area (TPSA) is 46.1 Å². The lowest BCUT2D eigenvalue weighted by atomic mass is 9.46. The number of guanidine groups is 1. The Balaban J connectivity index is 0.00000196. The van der Waals surface area contributed by atoms with Crippen molar-refractivity contribution in [2.75, 3.05) is 27.8 Å². The Labute approximate surface area is 173 Å². The monoisotopic (exact) mass is 471 g/mol. The first-order valence-corrected chi connectivity index (χ1v) is 9.37. The smallest absolute Gasteiger partial charge is 0.193 e. The normalized spacial score (nSPS) is 28.4. The molecule has 1 saturated heterocycles. The predicted octanol–water partition coefficient (Wildman–Crippen LogP) is 3.28. The van der Waals surface area contributed by atoms with E-state index in [2.05, 4.69) is 34.4 Å². The first kappa shape index (κ1) is 19.7. The number of nitrogens with one attached hydrogen (secondary N) is 1. The summed E-state index contributed by atoms with van der Waals surface area (Å²) in [5.74, 6) is 2.53. The number of hydrogen-bond donors (Lipinski definition) is 1. The van der Waals surface area contributed by atoms with E-state index in [9.17, 15) is 0 Å². The average Bonchev–Trinajstić information content (AvgIpc) is 3.00. The molecule has 3 atom stereocenters. The Morgan fingerprint density at radius 2 is 2.08 bits per heavy atom. The van der Waals surface area contributed by atoms with Gasteiger partial charge in [0.25, 0.3) is 0 Å². The van der Waals surface area contributed by atoms with E-state index in [0.717, 1.165) is 24.9 Å². The van der Waals surface area contributed by atoms with Crippen LogP contribution in [0.1, 0.15) is 31.2 Å². The van der Waals surface area contributed by atoms with Gasteiger partial charge in [-0.1, -0.05) is 18.6 Å². The van der Waals surface area contributed by atoms with Gasteiger partial charge in [0, 0.05) is 44.6 Å². The first-order valence-electron chi connectivity index (χ1n) is 9.37. The number of methoxy groups -OCH3 is 1. The molecule has 6 heteroatoms. The van der Waals surface area contributed by atoms with Crippen molar-refractivity contribution in [1.82, 2.24) is 10.2 Å². The van der Waals surface area contributed by atoms with Crippen LogP contribution >= 0.6 is 24.0 Å². The molecule has 0 radical (unpaired) electrons. The lowest BCUT2D eigenvalue weighted by molar-refractivity contribution is -0.171. The highest BCUT2D eigenvalue weighted by atomic mass is 127. The van der Waals surface area contributed by atoms with Gasteiger partial charge in [-0.3, -0.25) is 4.99 Å². The van der Waals surface area contributed by atoms with Crippen LogP contribution in [-0.2, 0) is 11.3 Å². The highest BCUT2D eigenvalue weighted by Crippen LogP contribution is 2.62. The van der Waals surface area contributed by atoms with Gasteiger partial charge in [-0.25, -0.2) is 0 Å². The van der Waals surface area contributed by atoms with E-state index < -0.39 is 0 Å². The van der Waals surface area contributed by atoms with Crippen LogP contribution in [0, 0.1) is 11.3 Å². The molecular formula is C20H30IN3O2. The van der Waals surface area contributed by atoms with Crippen LogP contribution in [0.25, 0.3) is 0 Å². The van der Waals surface area contributed by atoms with Crippen molar-refractivity contribution < 1.29 is 9.47 Å². The highest BCUT2D eigenvalue weighted by Gasteiger charge is 2.66. The number of rotatable bonds is 4. The van der Waals surface area contributed by atoms with Gasteiger partial charge in [0.15, 0.2) is 5.96 Å². The molecule has 0 amide bonds. The minimum Gasteiger partial charge on any atom is -0.497 e. The van der Waals surface area contributed by atoms with Crippen molar-refractivity contribution in [3.05, 3.63) is 29.8 Å². The summed E-state index contributed by atoms with van der Waals surface area (Å²) in [6.07, 6.45) is 5.61. The van der Waals surface area contributed by atoms with Gasteiger partial charge in [-0.2, -0.15) is 0 Å². The van der Waals surface area contributed by atoms with Crippen molar-refractivity contribution >= 4 is 29.9 Å². The van der Waals surface area contributed by atoms with E-state index in [1.807, 2.05) is 19.2 Å². The minimum atomic E-state index is 0. The van der Waals surface area contributed by atoms with Gasteiger partial charge >= 0.3 is 0 Å². The fourth-order valence-electron chi connectivity index (χ4n) is 5.02. The van der Waals surface area contributed by atoms with E-state index in [-0.39, 0.29) is 24.0 Å². The van der Waals surface area contributed by atoms with Crippen molar-refractivity contribution in [3.63, 3.8) is 0 Å². The third-order valence-corrected chi connectivity index (χ3v) is 6.47. The molecule has 2 aliphatic carbocycles. The Bertz CT molecular complexity index is 645. The maximum Gasteiger partial charge on any atom is 0.193 e.